The molecule has 132 valence electrons. The lowest BCUT2D eigenvalue weighted by Gasteiger charge is -2.37. The van der Waals surface area contributed by atoms with Gasteiger partial charge in [-0.3, -0.25) is 9.69 Å². The molecule has 1 aromatic heterocycles. The Morgan fingerprint density at radius 2 is 1.92 bits per heavy atom. The molecule has 1 aliphatic heterocycles. The van der Waals surface area contributed by atoms with Crippen LogP contribution in [0.5, 0.6) is 0 Å². The highest BCUT2D eigenvalue weighted by Gasteiger charge is 2.18. The van der Waals surface area contributed by atoms with Crippen molar-refractivity contribution < 1.29 is 4.79 Å². The topological polar surface area (TPSA) is 74.5 Å². The first-order valence-corrected chi connectivity index (χ1v) is 8.66. The minimum atomic E-state index is -0.435. The molecular weight excluding hydrogens is 314 g/mol. The summed E-state index contributed by atoms with van der Waals surface area (Å²) in [6, 6.07) is 14.1. The third kappa shape index (κ3) is 4.70. The molecule has 1 fully saturated rings. The second-order valence-electron chi connectivity index (χ2n) is 6.46. The molecule has 0 aliphatic carbocycles. The number of rotatable bonds is 6. The first-order chi connectivity index (χ1) is 12.1. The average Bonchev–Trinajstić information content (AvgIpc) is 2.63. The van der Waals surface area contributed by atoms with Gasteiger partial charge < -0.3 is 16.0 Å². The number of anilines is 2. The number of piperazine rings is 1. The molecule has 1 amide bonds. The Kier molecular flexibility index (Phi) is 5.50. The van der Waals surface area contributed by atoms with E-state index >= 15 is 0 Å². The zero-order chi connectivity index (χ0) is 17.6. The Morgan fingerprint density at radius 1 is 1.20 bits per heavy atom. The monoisotopic (exact) mass is 339 g/mol. The number of carbonyl (C=O) groups excluding carboxylic acids is 1. The maximum absolute atomic E-state index is 11.3. The van der Waals surface area contributed by atoms with E-state index in [4.69, 9.17) is 5.73 Å². The molecule has 1 aromatic carbocycles. The summed E-state index contributed by atoms with van der Waals surface area (Å²) < 4.78 is 0. The average molecular weight is 339 g/mol. The highest BCUT2D eigenvalue weighted by molar-refractivity contribution is 5.93. The summed E-state index contributed by atoms with van der Waals surface area (Å²) in [7, 11) is 0. The quantitative estimate of drug-likeness (QED) is 0.839. The van der Waals surface area contributed by atoms with Crippen molar-refractivity contribution in [2.45, 2.75) is 13.0 Å². The van der Waals surface area contributed by atoms with Crippen LogP contribution in [-0.4, -0.2) is 54.6 Å². The first kappa shape index (κ1) is 17.2. The minimum Gasteiger partial charge on any atom is -0.369 e. The summed E-state index contributed by atoms with van der Waals surface area (Å²) in [5.74, 6) is 0.252. The van der Waals surface area contributed by atoms with E-state index in [0.717, 1.165) is 32.7 Å². The van der Waals surface area contributed by atoms with Gasteiger partial charge in [0.2, 0.25) is 5.91 Å². The van der Waals surface area contributed by atoms with Crippen LogP contribution < -0.4 is 16.0 Å². The maximum atomic E-state index is 11.3. The van der Waals surface area contributed by atoms with E-state index in [9.17, 15) is 4.79 Å². The Labute approximate surface area is 148 Å². The number of aromatic nitrogens is 1. The molecule has 0 unspecified atom stereocenters. The van der Waals surface area contributed by atoms with Gasteiger partial charge in [0.15, 0.2) is 0 Å². The summed E-state index contributed by atoms with van der Waals surface area (Å²) in [6.07, 6.45) is 1.60. The van der Waals surface area contributed by atoms with Crippen molar-refractivity contribution in [2.24, 2.45) is 5.73 Å². The molecule has 2 aromatic rings. The normalized spacial score (nSPS) is 16.4. The molecule has 2 heterocycles. The second-order valence-corrected chi connectivity index (χ2v) is 6.46. The van der Waals surface area contributed by atoms with E-state index in [0.29, 0.717) is 11.4 Å². The van der Waals surface area contributed by atoms with Gasteiger partial charge in [-0.25, -0.2) is 4.98 Å². The SMILES string of the molecule is C[C@H](CN1CCN(c2ccccc2)CC1)Nc1cc(C(N)=O)ccn1. The highest BCUT2D eigenvalue weighted by Crippen LogP contribution is 2.16. The van der Waals surface area contributed by atoms with Gasteiger partial charge in [-0.1, -0.05) is 18.2 Å². The van der Waals surface area contributed by atoms with Gasteiger partial charge in [0, 0.05) is 56.2 Å². The third-order valence-electron chi connectivity index (χ3n) is 4.46. The highest BCUT2D eigenvalue weighted by atomic mass is 16.1. The number of hydrogen-bond donors (Lipinski definition) is 2. The van der Waals surface area contributed by atoms with Gasteiger partial charge >= 0.3 is 0 Å². The molecule has 0 radical (unpaired) electrons. The molecular formula is C19H25N5O. The number of nitrogens with one attached hydrogen (secondary N) is 1. The van der Waals surface area contributed by atoms with Crippen molar-refractivity contribution in [3.05, 3.63) is 54.2 Å². The van der Waals surface area contributed by atoms with Gasteiger partial charge in [0.1, 0.15) is 5.82 Å². The summed E-state index contributed by atoms with van der Waals surface area (Å²) in [4.78, 5) is 20.4. The van der Waals surface area contributed by atoms with Crippen molar-refractivity contribution in [1.82, 2.24) is 9.88 Å². The fourth-order valence-electron chi connectivity index (χ4n) is 3.18. The number of nitrogens with two attached hydrogens (primary N) is 1. The molecule has 0 bridgehead atoms. The largest absolute Gasteiger partial charge is 0.369 e. The van der Waals surface area contributed by atoms with E-state index in [1.807, 2.05) is 6.07 Å². The van der Waals surface area contributed by atoms with Gasteiger partial charge in [-0.05, 0) is 31.2 Å². The van der Waals surface area contributed by atoms with Crippen LogP contribution in [0, 0.1) is 0 Å². The van der Waals surface area contributed by atoms with Crippen LogP contribution in [-0.2, 0) is 0 Å². The lowest BCUT2D eigenvalue weighted by molar-refractivity contribution is 0.1000. The van der Waals surface area contributed by atoms with Crippen LogP contribution in [0.25, 0.3) is 0 Å². The van der Waals surface area contributed by atoms with Crippen LogP contribution in [0.15, 0.2) is 48.7 Å². The second kappa shape index (κ2) is 7.98. The Bertz CT molecular complexity index is 698. The number of para-hydroxylation sites is 1. The molecule has 6 nitrogen and oxygen atoms in total. The fraction of sp³-hybridized carbons (Fsp3) is 0.368. The molecule has 0 saturated carbocycles. The number of pyridine rings is 1. The van der Waals surface area contributed by atoms with Crippen molar-refractivity contribution in [3.63, 3.8) is 0 Å². The molecule has 1 saturated heterocycles. The zero-order valence-electron chi connectivity index (χ0n) is 14.6. The molecule has 25 heavy (non-hydrogen) atoms. The van der Waals surface area contributed by atoms with E-state index in [1.165, 1.54) is 5.69 Å². The predicted octanol–water partition coefficient (Wildman–Crippen LogP) is 1.80. The van der Waals surface area contributed by atoms with Crippen LogP contribution >= 0.6 is 0 Å². The van der Waals surface area contributed by atoms with Crippen LogP contribution in [0.4, 0.5) is 11.5 Å². The third-order valence-corrected chi connectivity index (χ3v) is 4.46. The van der Waals surface area contributed by atoms with Crippen LogP contribution in [0.2, 0.25) is 0 Å². The molecule has 1 atom stereocenters. The number of amides is 1. The summed E-state index contributed by atoms with van der Waals surface area (Å²) >= 11 is 0. The Balaban J connectivity index is 1.49. The lowest BCUT2D eigenvalue weighted by atomic mass is 10.2. The summed E-state index contributed by atoms with van der Waals surface area (Å²) in [6.45, 7) is 7.21. The minimum absolute atomic E-state index is 0.235. The molecule has 1 aliphatic rings. The fourth-order valence-corrected chi connectivity index (χ4v) is 3.18. The number of nitrogens with zero attached hydrogens (tertiary/aromatic N) is 3. The summed E-state index contributed by atoms with van der Waals surface area (Å²) in [5.41, 5.74) is 7.08. The lowest BCUT2D eigenvalue weighted by Crippen LogP contribution is -2.49. The van der Waals surface area contributed by atoms with E-state index in [2.05, 4.69) is 51.3 Å². The Morgan fingerprint density at radius 3 is 2.60 bits per heavy atom. The Hall–Kier alpha value is -2.60. The van der Waals surface area contributed by atoms with Crippen molar-refractivity contribution >= 4 is 17.4 Å². The van der Waals surface area contributed by atoms with Crippen molar-refractivity contribution in [2.75, 3.05) is 42.9 Å². The van der Waals surface area contributed by atoms with E-state index < -0.39 is 5.91 Å². The van der Waals surface area contributed by atoms with Crippen molar-refractivity contribution in [3.8, 4) is 0 Å². The van der Waals surface area contributed by atoms with E-state index in [1.54, 1.807) is 18.3 Å². The number of primary amides is 1. The van der Waals surface area contributed by atoms with Gasteiger partial charge in [0.25, 0.3) is 0 Å². The maximum Gasteiger partial charge on any atom is 0.248 e. The predicted molar refractivity (Wildman–Crippen MR) is 101 cm³/mol. The molecule has 6 heteroatoms. The number of hydrogen-bond acceptors (Lipinski definition) is 5. The first-order valence-electron chi connectivity index (χ1n) is 8.66. The summed E-state index contributed by atoms with van der Waals surface area (Å²) in [5, 5.41) is 3.35. The molecule has 3 N–H and O–H groups in total. The standard InChI is InChI=1S/C19H25N5O/c1-15(22-18-13-16(19(20)25)7-8-21-18)14-23-9-11-24(12-10-23)17-5-3-2-4-6-17/h2-8,13,15H,9-12,14H2,1H3,(H2,20,25)(H,21,22)/t15-/m1/s1. The van der Waals surface area contributed by atoms with E-state index in [-0.39, 0.29) is 6.04 Å². The van der Waals surface area contributed by atoms with Crippen LogP contribution in [0.1, 0.15) is 17.3 Å². The zero-order valence-corrected chi connectivity index (χ0v) is 14.6. The number of carbonyl (C=O) groups is 1. The molecule has 0 spiro atoms. The number of benzene rings is 1. The van der Waals surface area contributed by atoms with Crippen LogP contribution in [0.3, 0.4) is 0 Å². The smallest absolute Gasteiger partial charge is 0.248 e. The van der Waals surface area contributed by atoms with Gasteiger partial charge in [-0.15, -0.1) is 0 Å². The van der Waals surface area contributed by atoms with Gasteiger partial charge in [-0.2, -0.15) is 0 Å². The van der Waals surface area contributed by atoms with Gasteiger partial charge in [0.05, 0.1) is 0 Å². The molecule has 3 rings (SSSR count). The van der Waals surface area contributed by atoms with Crippen molar-refractivity contribution in [1.29, 1.82) is 0 Å².